The number of aromatic amines is 1. The van der Waals surface area contributed by atoms with Gasteiger partial charge in [-0.2, -0.15) is 0 Å². The van der Waals surface area contributed by atoms with Crippen LogP contribution in [0.25, 0.3) is 0 Å². The zero-order chi connectivity index (χ0) is 13.3. The Morgan fingerprint density at radius 1 is 1.33 bits per heavy atom. The molecule has 0 spiro atoms. The van der Waals surface area contributed by atoms with Crippen molar-refractivity contribution in [2.75, 3.05) is 0 Å². The minimum Gasteiger partial charge on any atom is -0.438 e. The van der Waals surface area contributed by atoms with E-state index in [1.807, 2.05) is 48.6 Å². The maximum atomic E-state index is 11.4. The maximum absolute atomic E-state index is 11.4. The van der Waals surface area contributed by atoms with Crippen molar-refractivity contribution in [2.45, 2.75) is 13.8 Å². The lowest BCUT2D eigenvalue weighted by molar-refractivity contribution is 0.455. The Bertz CT molecular complexity index is 632. The third-order valence-corrected chi connectivity index (χ3v) is 4.59. The predicted molar refractivity (Wildman–Crippen MR) is 81.3 cm³/mol. The van der Waals surface area contributed by atoms with Crippen LogP contribution in [-0.2, 0) is 0 Å². The first-order valence-electron chi connectivity index (χ1n) is 5.17. The second kappa shape index (κ2) is 5.40. The summed E-state index contributed by atoms with van der Waals surface area (Å²) in [5.74, 6) is 0.990. The highest BCUT2D eigenvalue weighted by Gasteiger charge is 2.09. The molecule has 1 heterocycles. The molecule has 94 valence electrons. The average molecular weight is 421 g/mol. The Kier molecular flexibility index (Phi) is 4.06. The summed E-state index contributed by atoms with van der Waals surface area (Å²) in [5, 5.41) is 0. The molecule has 6 heteroatoms. The van der Waals surface area contributed by atoms with E-state index in [2.05, 4.69) is 25.9 Å². The van der Waals surface area contributed by atoms with Gasteiger partial charge in [-0.05, 0) is 59.7 Å². The normalized spacial score (nSPS) is 10.4. The number of benzene rings is 1. The summed E-state index contributed by atoms with van der Waals surface area (Å²) in [6.07, 6.45) is 1.33. The molecule has 0 unspecified atom stereocenters. The minimum atomic E-state index is -0.203. The maximum Gasteiger partial charge on any atom is 0.268 e. The largest absolute Gasteiger partial charge is 0.438 e. The monoisotopic (exact) mass is 420 g/mol. The van der Waals surface area contributed by atoms with E-state index < -0.39 is 0 Å². The van der Waals surface area contributed by atoms with Gasteiger partial charge in [0.1, 0.15) is 9.32 Å². The number of hydrogen-bond acceptors (Lipinski definition) is 3. The van der Waals surface area contributed by atoms with Gasteiger partial charge in [0.25, 0.3) is 5.56 Å². The van der Waals surface area contributed by atoms with Crippen molar-refractivity contribution < 1.29 is 4.74 Å². The first-order valence-corrected chi connectivity index (χ1v) is 7.04. The van der Waals surface area contributed by atoms with E-state index in [1.54, 1.807) is 0 Å². The van der Waals surface area contributed by atoms with Gasteiger partial charge in [0.2, 0.25) is 5.88 Å². The van der Waals surface area contributed by atoms with Gasteiger partial charge in [0.05, 0.1) is 6.33 Å². The van der Waals surface area contributed by atoms with E-state index >= 15 is 0 Å². The SMILES string of the molecule is Cc1cc(Oc2nc[nH]c(=O)c2I)cc(C)c1Br. The molecular formula is C12H10BrIN2O2. The van der Waals surface area contributed by atoms with Crippen LogP contribution in [0.15, 0.2) is 27.7 Å². The van der Waals surface area contributed by atoms with Gasteiger partial charge in [-0.25, -0.2) is 4.98 Å². The van der Waals surface area contributed by atoms with Crippen molar-refractivity contribution in [1.29, 1.82) is 0 Å². The van der Waals surface area contributed by atoms with Crippen molar-refractivity contribution in [3.8, 4) is 11.6 Å². The molecule has 1 aromatic heterocycles. The average Bonchev–Trinajstić information content (AvgIpc) is 2.32. The lowest BCUT2D eigenvalue weighted by Crippen LogP contribution is -2.11. The lowest BCUT2D eigenvalue weighted by atomic mass is 10.1. The molecular weight excluding hydrogens is 411 g/mol. The molecule has 0 aliphatic rings. The number of H-pyrrole nitrogens is 1. The molecule has 4 nitrogen and oxygen atoms in total. The molecule has 0 saturated heterocycles. The second-order valence-corrected chi connectivity index (χ2v) is 5.70. The van der Waals surface area contributed by atoms with Crippen LogP contribution in [0.4, 0.5) is 0 Å². The molecule has 2 rings (SSSR count). The number of aromatic nitrogens is 2. The zero-order valence-corrected chi connectivity index (χ0v) is 13.5. The topological polar surface area (TPSA) is 55.0 Å². The molecule has 2 aromatic rings. The van der Waals surface area contributed by atoms with Crippen molar-refractivity contribution >= 4 is 38.5 Å². The number of aryl methyl sites for hydroxylation is 2. The van der Waals surface area contributed by atoms with Gasteiger partial charge in [-0.1, -0.05) is 15.9 Å². The number of ether oxygens (including phenoxy) is 1. The van der Waals surface area contributed by atoms with Gasteiger partial charge in [-0.3, -0.25) is 4.79 Å². The summed E-state index contributed by atoms with van der Waals surface area (Å²) in [7, 11) is 0. The second-order valence-electron chi connectivity index (χ2n) is 3.82. The lowest BCUT2D eigenvalue weighted by Gasteiger charge is -2.09. The van der Waals surface area contributed by atoms with E-state index in [4.69, 9.17) is 4.74 Å². The van der Waals surface area contributed by atoms with Crippen LogP contribution < -0.4 is 10.3 Å². The van der Waals surface area contributed by atoms with Crippen LogP contribution >= 0.6 is 38.5 Å². The molecule has 18 heavy (non-hydrogen) atoms. The highest BCUT2D eigenvalue weighted by molar-refractivity contribution is 14.1. The zero-order valence-electron chi connectivity index (χ0n) is 9.75. The number of nitrogens with one attached hydrogen (secondary N) is 1. The third kappa shape index (κ3) is 2.74. The fourth-order valence-corrected chi connectivity index (χ4v) is 2.15. The molecule has 0 atom stereocenters. The Labute approximate surface area is 126 Å². The third-order valence-electron chi connectivity index (χ3n) is 2.39. The number of rotatable bonds is 2. The van der Waals surface area contributed by atoms with Crippen molar-refractivity contribution in [3.63, 3.8) is 0 Å². The van der Waals surface area contributed by atoms with Crippen LogP contribution in [0, 0.1) is 17.4 Å². The van der Waals surface area contributed by atoms with Crippen molar-refractivity contribution in [3.05, 3.63) is 48.0 Å². The van der Waals surface area contributed by atoms with Gasteiger partial charge in [0, 0.05) is 4.47 Å². The van der Waals surface area contributed by atoms with E-state index in [1.165, 1.54) is 6.33 Å². The number of halogens is 2. The Balaban J connectivity index is 2.40. The van der Waals surface area contributed by atoms with Gasteiger partial charge in [-0.15, -0.1) is 0 Å². The smallest absolute Gasteiger partial charge is 0.268 e. The molecule has 0 fully saturated rings. The predicted octanol–water partition coefficient (Wildman–Crippen LogP) is 3.55. The first-order chi connectivity index (χ1) is 8.49. The fraction of sp³-hybridized carbons (Fsp3) is 0.167. The summed E-state index contributed by atoms with van der Waals surface area (Å²) in [6.45, 7) is 3.97. The fourth-order valence-electron chi connectivity index (χ4n) is 1.51. The molecule has 1 aromatic carbocycles. The van der Waals surface area contributed by atoms with E-state index in [0.717, 1.165) is 15.6 Å². The molecule has 0 saturated carbocycles. The highest BCUT2D eigenvalue weighted by Crippen LogP contribution is 2.29. The summed E-state index contributed by atoms with van der Waals surface area (Å²) in [4.78, 5) is 17.9. The van der Waals surface area contributed by atoms with Crippen LogP contribution in [0.5, 0.6) is 11.6 Å². The van der Waals surface area contributed by atoms with Crippen LogP contribution in [0.2, 0.25) is 0 Å². The van der Waals surface area contributed by atoms with Crippen LogP contribution in [0.1, 0.15) is 11.1 Å². The summed E-state index contributed by atoms with van der Waals surface area (Å²) >= 11 is 5.41. The molecule has 0 amide bonds. The molecule has 0 bridgehead atoms. The van der Waals surface area contributed by atoms with Gasteiger partial charge < -0.3 is 9.72 Å². The molecule has 0 radical (unpaired) electrons. The minimum absolute atomic E-state index is 0.203. The summed E-state index contributed by atoms with van der Waals surface area (Å²) in [5.41, 5.74) is 1.95. The first kappa shape index (κ1) is 13.5. The number of hydrogen-bond donors (Lipinski definition) is 1. The van der Waals surface area contributed by atoms with Gasteiger partial charge >= 0.3 is 0 Å². The van der Waals surface area contributed by atoms with Gasteiger partial charge in [0.15, 0.2) is 0 Å². The van der Waals surface area contributed by atoms with Crippen LogP contribution in [0.3, 0.4) is 0 Å². The van der Waals surface area contributed by atoms with Crippen molar-refractivity contribution in [2.24, 2.45) is 0 Å². The Morgan fingerprint density at radius 2 is 1.94 bits per heavy atom. The molecule has 1 N–H and O–H groups in total. The summed E-state index contributed by atoms with van der Waals surface area (Å²) < 4.78 is 7.14. The standard InChI is InChI=1S/C12H10BrIN2O2/c1-6-3-8(4-7(2)9(6)13)18-12-10(14)11(17)15-5-16-12/h3-5H,1-2H3,(H,15,16,17). The van der Waals surface area contributed by atoms with E-state index in [-0.39, 0.29) is 5.56 Å². The van der Waals surface area contributed by atoms with Crippen molar-refractivity contribution in [1.82, 2.24) is 9.97 Å². The van der Waals surface area contributed by atoms with E-state index in [9.17, 15) is 4.79 Å². The number of nitrogens with zero attached hydrogens (tertiary/aromatic N) is 1. The Morgan fingerprint density at radius 3 is 2.56 bits per heavy atom. The van der Waals surface area contributed by atoms with Crippen LogP contribution in [-0.4, -0.2) is 9.97 Å². The molecule has 0 aliphatic heterocycles. The highest BCUT2D eigenvalue weighted by atomic mass is 127. The summed E-state index contributed by atoms with van der Waals surface area (Å²) in [6, 6.07) is 3.80. The molecule has 0 aliphatic carbocycles. The quantitative estimate of drug-likeness (QED) is 0.756. The Hall–Kier alpha value is -0.890. The van der Waals surface area contributed by atoms with E-state index in [0.29, 0.717) is 15.2 Å².